The quantitative estimate of drug-likeness (QED) is 0.667. The minimum Gasteiger partial charge on any atom is -0.377 e. The molecule has 0 aliphatic rings. The molecule has 0 saturated heterocycles. The Morgan fingerprint density at radius 2 is 2.09 bits per heavy atom. The van der Waals surface area contributed by atoms with Crippen LogP contribution in [0.25, 0.3) is 0 Å². The van der Waals surface area contributed by atoms with Gasteiger partial charge in [-0.2, -0.15) is 11.8 Å². The van der Waals surface area contributed by atoms with E-state index in [1.165, 1.54) is 0 Å². The molecule has 0 aromatic rings. The number of hydrogen-bond donors (Lipinski definition) is 1. The average molecular weight is 177 g/mol. The van der Waals surface area contributed by atoms with Crippen LogP contribution in [0.15, 0.2) is 0 Å². The zero-order valence-corrected chi connectivity index (χ0v) is 8.49. The summed E-state index contributed by atoms with van der Waals surface area (Å²) in [5.74, 6) is 1.13. The molecule has 0 spiro atoms. The molecule has 0 aromatic heterocycles. The van der Waals surface area contributed by atoms with Crippen molar-refractivity contribution in [2.45, 2.75) is 32.4 Å². The van der Waals surface area contributed by atoms with Crippen molar-refractivity contribution in [3.63, 3.8) is 0 Å². The lowest BCUT2D eigenvalue weighted by Crippen LogP contribution is -2.28. The van der Waals surface area contributed by atoms with E-state index in [1.54, 1.807) is 0 Å². The zero-order chi connectivity index (χ0) is 8.69. The predicted octanol–water partition coefficient (Wildman–Crippen LogP) is 1.49. The zero-order valence-electron chi connectivity index (χ0n) is 7.67. The number of nitrogens with two attached hydrogens (primary N) is 1. The van der Waals surface area contributed by atoms with Gasteiger partial charge in [-0.25, -0.2) is 0 Å². The van der Waals surface area contributed by atoms with Crippen LogP contribution in [-0.2, 0) is 4.74 Å². The van der Waals surface area contributed by atoms with Gasteiger partial charge in [0.1, 0.15) is 0 Å². The molecule has 0 bridgehead atoms. The fraction of sp³-hybridized carbons (Fsp3) is 1.00. The molecule has 0 radical (unpaired) electrons. The summed E-state index contributed by atoms with van der Waals surface area (Å²) in [6.45, 7) is 4.75. The number of thioether (sulfide) groups is 1. The molecule has 0 aliphatic heterocycles. The highest BCUT2D eigenvalue weighted by Gasteiger charge is 2.02. The Labute approximate surface area is 73.9 Å². The third kappa shape index (κ3) is 8.17. The van der Waals surface area contributed by atoms with Gasteiger partial charge in [0.25, 0.3) is 0 Å². The van der Waals surface area contributed by atoms with Gasteiger partial charge >= 0.3 is 0 Å². The molecule has 0 aliphatic carbocycles. The van der Waals surface area contributed by atoms with Crippen molar-refractivity contribution in [1.82, 2.24) is 0 Å². The number of hydrogen-bond acceptors (Lipinski definition) is 3. The van der Waals surface area contributed by atoms with Gasteiger partial charge in [0.05, 0.1) is 12.7 Å². The summed E-state index contributed by atoms with van der Waals surface area (Å²) >= 11 is 1.83. The lowest BCUT2D eigenvalue weighted by atomic mass is 10.2. The van der Waals surface area contributed by atoms with E-state index < -0.39 is 0 Å². The Morgan fingerprint density at radius 3 is 2.55 bits per heavy atom. The van der Waals surface area contributed by atoms with Gasteiger partial charge in [-0.05, 0) is 32.3 Å². The van der Waals surface area contributed by atoms with E-state index >= 15 is 0 Å². The summed E-state index contributed by atoms with van der Waals surface area (Å²) in [6, 6.07) is 0.213. The predicted molar refractivity (Wildman–Crippen MR) is 52.1 cm³/mol. The highest BCUT2D eigenvalue weighted by Crippen LogP contribution is 2.00. The van der Waals surface area contributed by atoms with Crippen molar-refractivity contribution in [2.75, 3.05) is 18.6 Å². The second-order valence-electron chi connectivity index (χ2n) is 2.92. The van der Waals surface area contributed by atoms with Crippen LogP contribution < -0.4 is 5.73 Å². The molecule has 0 amide bonds. The summed E-state index contributed by atoms with van der Waals surface area (Å²) in [5, 5.41) is 0. The molecule has 68 valence electrons. The van der Waals surface area contributed by atoms with Crippen molar-refractivity contribution in [2.24, 2.45) is 5.73 Å². The standard InChI is InChI=1S/C8H19NOS/c1-7(2)10-6-8(9)4-5-11-3/h7-8H,4-6,9H2,1-3H3. The van der Waals surface area contributed by atoms with Crippen molar-refractivity contribution in [3.05, 3.63) is 0 Å². The first-order valence-electron chi connectivity index (χ1n) is 4.03. The molecule has 2 nitrogen and oxygen atoms in total. The van der Waals surface area contributed by atoms with Gasteiger partial charge in [0.2, 0.25) is 0 Å². The third-order valence-corrected chi connectivity index (χ3v) is 1.98. The first-order valence-corrected chi connectivity index (χ1v) is 5.42. The van der Waals surface area contributed by atoms with E-state index in [4.69, 9.17) is 10.5 Å². The summed E-state index contributed by atoms with van der Waals surface area (Å²) < 4.78 is 5.37. The fourth-order valence-corrected chi connectivity index (χ4v) is 1.21. The van der Waals surface area contributed by atoms with Crippen LogP contribution in [0, 0.1) is 0 Å². The summed E-state index contributed by atoms with van der Waals surface area (Å²) in [5.41, 5.74) is 5.77. The molecule has 0 rings (SSSR count). The maximum atomic E-state index is 5.77. The Balaban J connectivity index is 3.15. The molecule has 0 fully saturated rings. The lowest BCUT2D eigenvalue weighted by Gasteiger charge is -2.13. The lowest BCUT2D eigenvalue weighted by molar-refractivity contribution is 0.0679. The monoisotopic (exact) mass is 177 g/mol. The van der Waals surface area contributed by atoms with Crippen molar-refractivity contribution in [1.29, 1.82) is 0 Å². The summed E-state index contributed by atoms with van der Waals surface area (Å²) in [4.78, 5) is 0. The van der Waals surface area contributed by atoms with Crippen LogP contribution >= 0.6 is 11.8 Å². The molecule has 1 atom stereocenters. The number of rotatable bonds is 6. The minimum atomic E-state index is 0.213. The Kier molecular flexibility index (Phi) is 7.12. The minimum absolute atomic E-state index is 0.213. The molecular formula is C8H19NOS. The van der Waals surface area contributed by atoms with Gasteiger partial charge < -0.3 is 10.5 Å². The van der Waals surface area contributed by atoms with Gasteiger partial charge in [-0.3, -0.25) is 0 Å². The van der Waals surface area contributed by atoms with Crippen LogP contribution in [-0.4, -0.2) is 30.8 Å². The molecule has 2 N–H and O–H groups in total. The van der Waals surface area contributed by atoms with E-state index in [0.717, 1.165) is 12.2 Å². The first-order chi connectivity index (χ1) is 5.16. The van der Waals surface area contributed by atoms with Gasteiger partial charge in [-0.1, -0.05) is 0 Å². The maximum absolute atomic E-state index is 5.77. The van der Waals surface area contributed by atoms with Crippen LogP contribution in [0.3, 0.4) is 0 Å². The highest BCUT2D eigenvalue weighted by atomic mass is 32.2. The van der Waals surface area contributed by atoms with E-state index in [2.05, 4.69) is 6.26 Å². The third-order valence-electron chi connectivity index (χ3n) is 1.34. The second-order valence-corrected chi connectivity index (χ2v) is 3.91. The smallest absolute Gasteiger partial charge is 0.0621 e. The fourth-order valence-electron chi connectivity index (χ4n) is 0.669. The Hall–Kier alpha value is 0.270. The van der Waals surface area contributed by atoms with Gasteiger partial charge in [0.15, 0.2) is 0 Å². The Bertz CT molecular complexity index is 88.2. The molecule has 3 heteroatoms. The van der Waals surface area contributed by atoms with Crippen LogP contribution in [0.2, 0.25) is 0 Å². The molecule has 0 saturated carbocycles. The molecule has 0 heterocycles. The molecule has 1 unspecified atom stereocenters. The van der Waals surface area contributed by atoms with E-state index in [-0.39, 0.29) is 6.04 Å². The van der Waals surface area contributed by atoms with Crippen LogP contribution in [0.1, 0.15) is 20.3 Å². The molecule has 0 aromatic carbocycles. The largest absolute Gasteiger partial charge is 0.377 e. The topological polar surface area (TPSA) is 35.2 Å². The molecular weight excluding hydrogens is 158 g/mol. The first kappa shape index (κ1) is 11.3. The van der Waals surface area contributed by atoms with E-state index in [9.17, 15) is 0 Å². The Morgan fingerprint density at radius 1 is 1.45 bits per heavy atom. The highest BCUT2D eigenvalue weighted by molar-refractivity contribution is 7.98. The van der Waals surface area contributed by atoms with Gasteiger partial charge in [-0.15, -0.1) is 0 Å². The molecule has 11 heavy (non-hydrogen) atoms. The van der Waals surface area contributed by atoms with E-state index in [0.29, 0.717) is 12.7 Å². The normalized spacial score (nSPS) is 13.9. The van der Waals surface area contributed by atoms with Crippen LogP contribution in [0.4, 0.5) is 0 Å². The number of ether oxygens (including phenoxy) is 1. The average Bonchev–Trinajstić information content (AvgIpc) is 1.97. The maximum Gasteiger partial charge on any atom is 0.0621 e. The summed E-state index contributed by atoms with van der Waals surface area (Å²) in [6.07, 6.45) is 3.44. The van der Waals surface area contributed by atoms with Crippen molar-refractivity contribution >= 4 is 11.8 Å². The van der Waals surface area contributed by atoms with E-state index in [1.807, 2.05) is 25.6 Å². The second kappa shape index (κ2) is 6.95. The van der Waals surface area contributed by atoms with Crippen LogP contribution in [0.5, 0.6) is 0 Å². The summed E-state index contributed by atoms with van der Waals surface area (Å²) in [7, 11) is 0. The van der Waals surface area contributed by atoms with Crippen molar-refractivity contribution in [3.8, 4) is 0 Å². The van der Waals surface area contributed by atoms with Gasteiger partial charge in [0, 0.05) is 6.04 Å². The SMILES string of the molecule is CSCCC(N)COC(C)C. The van der Waals surface area contributed by atoms with Crippen molar-refractivity contribution < 1.29 is 4.74 Å².